The number of hydrogen-bond donors (Lipinski definition) is 2. The topological polar surface area (TPSA) is 97.6 Å². The fourth-order valence-electron chi connectivity index (χ4n) is 1.43. The Labute approximate surface area is 136 Å². The van der Waals surface area contributed by atoms with Gasteiger partial charge in [-0.3, -0.25) is 9.59 Å². The number of likely N-dealkylation sites (N-methyl/N-ethyl adjacent to an activating group) is 1. The van der Waals surface area contributed by atoms with Crippen LogP contribution in [0.5, 0.6) is 0 Å². The molecule has 0 unspecified atom stereocenters. The molecule has 7 nitrogen and oxygen atoms in total. The molecule has 0 aliphatic rings. The highest BCUT2D eigenvalue weighted by Gasteiger charge is 2.15. The van der Waals surface area contributed by atoms with E-state index >= 15 is 0 Å². The van der Waals surface area contributed by atoms with Crippen molar-refractivity contribution in [3.8, 4) is 0 Å². The number of carbonyl (C=O) groups is 3. The van der Waals surface area contributed by atoms with Gasteiger partial charge in [-0.05, 0) is 48.0 Å². The Kier molecular flexibility index (Phi) is 7.38. The molecule has 0 spiro atoms. The van der Waals surface area contributed by atoms with E-state index in [9.17, 15) is 14.4 Å². The molecule has 0 aliphatic carbocycles. The molecule has 120 valence electrons. The standard InChI is InChI=1S/C14H17BrN2O5/c1-3-16-14(20)9(2)17-12(18)8-21-13(19)7-5-10-4-6-11(15)22-10/h4-7,9H,3,8H2,1-2H3,(H,16,20)(H,17,18)/b7-5+/t9-/m0/s1. The Morgan fingerprint density at radius 1 is 1.41 bits per heavy atom. The molecule has 0 aromatic carbocycles. The van der Waals surface area contributed by atoms with Crippen LogP contribution in [0.4, 0.5) is 0 Å². The summed E-state index contributed by atoms with van der Waals surface area (Å²) in [7, 11) is 0. The second-order valence-electron chi connectivity index (χ2n) is 4.27. The zero-order valence-electron chi connectivity index (χ0n) is 12.2. The third kappa shape index (κ3) is 6.57. The highest BCUT2D eigenvalue weighted by Crippen LogP contribution is 2.14. The van der Waals surface area contributed by atoms with Gasteiger partial charge >= 0.3 is 5.97 Å². The Bertz CT molecular complexity index is 567. The van der Waals surface area contributed by atoms with E-state index in [1.165, 1.54) is 6.08 Å². The van der Waals surface area contributed by atoms with Gasteiger partial charge in [-0.25, -0.2) is 4.79 Å². The summed E-state index contributed by atoms with van der Waals surface area (Å²) in [6, 6.07) is 2.65. The number of hydrogen-bond acceptors (Lipinski definition) is 5. The molecule has 2 amide bonds. The fraction of sp³-hybridized carbons (Fsp3) is 0.357. The van der Waals surface area contributed by atoms with E-state index in [-0.39, 0.29) is 5.91 Å². The van der Waals surface area contributed by atoms with E-state index in [1.807, 2.05) is 0 Å². The first-order chi connectivity index (χ1) is 10.4. The van der Waals surface area contributed by atoms with Crippen LogP contribution in [-0.2, 0) is 19.1 Å². The van der Waals surface area contributed by atoms with E-state index < -0.39 is 24.5 Å². The van der Waals surface area contributed by atoms with Crippen LogP contribution in [0, 0.1) is 0 Å². The third-order valence-electron chi connectivity index (χ3n) is 2.44. The lowest BCUT2D eigenvalue weighted by molar-refractivity contribution is -0.144. The lowest BCUT2D eigenvalue weighted by Crippen LogP contribution is -2.46. The van der Waals surface area contributed by atoms with Crippen molar-refractivity contribution in [1.82, 2.24) is 10.6 Å². The van der Waals surface area contributed by atoms with Crippen LogP contribution < -0.4 is 10.6 Å². The van der Waals surface area contributed by atoms with Gasteiger partial charge in [0.05, 0.1) is 0 Å². The van der Waals surface area contributed by atoms with Crippen molar-refractivity contribution in [3.63, 3.8) is 0 Å². The summed E-state index contributed by atoms with van der Waals surface area (Å²) in [5.41, 5.74) is 0. The molecule has 0 aliphatic heterocycles. The summed E-state index contributed by atoms with van der Waals surface area (Å²) >= 11 is 3.13. The third-order valence-corrected chi connectivity index (χ3v) is 2.87. The minimum Gasteiger partial charge on any atom is -0.452 e. The Morgan fingerprint density at radius 3 is 2.73 bits per heavy atom. The lowest BCUT2D eigenvalue weighted by atomic mass is 10.3. The average Bonchev–Trinajstić information content (AvgIpc) is 2.88. The molecule has 1 atom stereocenters. The maximum absolute atomic E-state index is 11.5. The molecule has 0 bridgehead atoms. The van der Waals surface area contributed by atoms with Crippen LogP contribution >= 0.6 is 15.9 Å². The van der Waals surface area contributed by atoms with Gasteiger partial charge in [0.2, 0.25) is 5.91 Å². The molecule has 0 saturated heterocycles. The van der Waals surface area contributed by atoms with E-state index in [0.717, 1.165) is 6.08 Å². The van der Waals surface area contributed by atoms with Crippen LogP contribution in [0.2, 0.25) is 0 Å². The first-order valence-corrected chi connectivity index (χ1v) is 7.39. The van der Waals surface area contributed by atoms with Crippen molar-refractivity contribution in [2.75, 3.05) is 13.2 Å². The predicted molar refractivity (Wildman–Crippen MR) is 82.7 cm³/mol. The van der Waals surface area contributed by atoms with Crippen molar-refractivity contribution in [2.24, 2.45) is 0 Å². The number of esters is 1. The molecule has 0 saturated carbocycles. The molecular weight excluding hydrogens is 356 g/mol. The first-order valence-electron chi connectivity index (χ1n) is 6.59. The van der Waals surface area contributed by atoms with Crippen LogP contribution in [0.25, 0.3) is 6.08 Å². The molecule has 8 heteroatoms. The minimum atomic E-state index is -0.692. The molecule has 2 N–H and O–H groups in total. The summed E-state index contributed by atoms with van der Waals surface area (Å²) in [5.74, 6) is -1.07. The maximum Gasteiger partial charge on any atom is 0.331 e. The summed E-state index contributed by atoms with van der Waals surface area (Å²) in [4.78, 5) is 34.4. The molecule has 1 rings (SSSR count). The van der Waals surface area contributed by atoms with Gasteiger partial charge < -0.3 is 19.8 Å². The molecule has 0 fully saturated rings. The van der Waals surface area contributed by atoms with Crippen molar-refractivity contribution in [3.05, 3.63) is 28.6 Å². The first kappa shape index (κ1) is 18.0. The molecule has 22 heavy (non-hydrogen) atoms. The number of furan rings is 1. The van der Waals surface area contributed by atoms with Crippen molar-refractivity contribution >= 4 is 39.8 Å². The van der Waals surface area contributed by atoms with Gasteiger partial charge in [0.15, 0.2) is 11.3 Å². The van der Waals surface area contributed by atoms with Crippen LogP contribution in [-0.4, -0.2) is 37.0 Å². The summed E-state index contributed by atoms with van der Waals surface area (Å²) < 4.78 is 10.5. The number of amides is 2. The van der Waals surface area contributed by atoms with Crippen LogP contribution in [0.1, 0.15) is 19.6 Å². The van der Waals surface area contributed by atoms with E-state index in [2.05, 4.69) is 26.6 Å². The second kappa shape index (κ2) is 9.04. The molecule has 1 aromatic heterocycles. The smallest absolute Gasteiger partial charge is 0.331 e. The fourth-order valence-corrected chi connectivity index (χ4v) is 1.75. The van der Waals surface area contributed by atoms with Gasteiger partial charge in [-0.1, -0.05) is 0 Å². The number of carbonyl (C=O) groups excluding carboxylic acids is 3. The molecule has 0 radical (unpaired) electrons. The van der Waals surface area contributed by atoms with Gasteiger partial charge in [0.1, 0.15) is 11.8 Å². The van der Waals surface area contributed by atoms with Crippen molar-refractivity contribution < 1.29 is 23.5 Å². The van der Waals surface area contributed by atoms with Crippen molar-refractivity contribution in [1.29, 1.82) is 0 Å². The van der Waals surface area contributed by atoms with E-state index in [0.29, 0.717) is 17.0 Å². The van der Waals surface area contributed by atoms with E-state index in [1.54, 1.807) is 26.0 Å². The highest BCUT2D eigenvalue weighted by atomic mass is 79.9. The van der Waals surface area contributed by atoms with Gasteiger partial charge in [0.25, 0.3) is 5.91 Å². The molecule has 1 aromatic rings. The largest absolute Gasteiger partial charge is 0.452 e. The van der Waals surface area contributed by atoms with E-state index in [4.69, 9.17) is 9.15 Å². The zero-order valence-corrected chi connectivity index (χ0v) is 13.8. The average molecular weight is 373 g/mol. The van der Waals surface area contributed by atoms with Crippen LogP contribution in [0.15, 0.2) is 27.3 Å². The lowest BCUT2D eigenvalue weighted by Gasteiger charge is -2.12. The van der Waals surface area contributed by atoms with Gasteiger partial charge in [-0.2, -0.15) is 0 Å². The van der Waals surface area contributed by atoms with Gasteiger partial charge in [0, 0.05) is 12.6 Å². The van der Waals surface area contributed by atoms with Gasteiger partial charge in [-0.15, -0.1) is 0 Å². The van der Waals surface area contributed by atoms with Crippen LogP contribution in [0.3, 0.4) is 0 Å². The monoisotopic (exact) mass is 372 g/mol. The summed E-state index contributed by atoms with van der Waals surface area (Å²) in [6.07, 6.45) is 2.56. The quantitative estimate of drug-likeness (QED) is 0.554. The Hall–Kier alpha value is -2.09. The highest BCUT2D eigenvalue weighted by molar-refractivity contribution is 9.10. The second-order valence-corrected chi connectivity index (χ2v) is 5.05. The Balaban J connectivity index is 2.32. The Morgan fingerprint density at radius 2 is 2.14 bits per heavy atom. The maximum atomic E-state index is 11.5. The minimum absolute atomic E-state index is 0.300. The zero-order chi connectivity index (χ0) is 16.5. The SMILES string of the molecule is CCNC(=O)[C@H](C)NC(=O)COC(=O)/C=C/c1ccc(Br)o1. The predicted octanol–water partition coefficient (Wildman–Crippen LogP) is 1.24. The number of ether oxygens (including phenoxy) is 1. The summed E-state index contributed by atoms with van der Waals surface area (Å²) in [5, 5.41) is 4.99. The number of nitrogens with one attached hydrogen (secondary N) is 2. The number of halogens is 1. The van der Waals surface area contributed by atoms with Crippen molar-refractivity contribution in [2.45, 2.75) is 19.9 Å². The molecular formula is C14H17BrN2O5. The normalized spacial score (nSPS) is 12.0. The summed E-state index contributed by atoms with van der Waals surface area (Å²) in [6.45, 7) is 3.33. The molecule has 1 heterocycles. The number of rotatable bonds is 7.